The van der Waals surface area contributed by atoms with Gasteiger partial charge in [0.15, 0.2) is 0 Å². The van der Waals surface area contributed by atoms with Crippen LogP contribution in [0.4, 0.5) is 0 Å². The van der Waals surface area contributed by atoms with E-state index >= 15 is 0 Å². The molecule has 2 aliphatic rings. The van der Waals surface area contributed by atoms with Gasteiger partial charge in [0.1, 0.15) is 7.85 Å². The van der Waals surface area contributed by atoms with Crippen LogP contribution in [0, 0.1) is 16.7 Å². The van der Waals surface area contributed by atoms with Gasteiger partial charge in [0.2, 0.25) is 0 Å². The molecule has 1 aliphatic carbocycles. The van der Waals surface area contributed by atoms with Crippen molar-refractivity contribution in [3.63, 3.8) is 0 Å². The summed E-state index contributed by atoms with van der Waals surface area (Å²) < 4.78 is 0. The summed E-state index contributed by atoms with van der Waals surface area (Å²) in [5.74, 6) is 0.830. The zero-order valence-electron chi connectivity index (χ0n) is 14.7. The second kappa shape index (κ2) is 5.41. The average molecular weight is 292 g/mol. The van der Waals surface area contributed by atoms with E-state index in [1.165, 1.54) is 32.1 Å². The van der Waals surface area contributed by atoms with E-state index in [0.717, 1.165) is 11.2 Å². The van der Waals surface area contributed by atoms with Gasteiger partial charge >= 0.3 is 0 Å². The molecule has 2 rings (SSSR count). The molecule has 0 bridgehead atoms. The molecule has 0 aromatic heterocycles. The quantitative estimate of drug-likeness (QED) is 0.535. The van der Waals surface area contributed by atoms with E-state index in [4.69, 9.17) is 0 Å². The molecule has 20 heavy (non-hydrogen) atoms. The van der Waals surface area contributed by atoms with E-state index in [2.05, 4.69) is 67.2 Å². The Bertz CT molecular complexity index is 385. The molecule has 3 unspecified atom stereocenters. The molecule has 2 heteroatoms. The highest BCUT2D eigenvalue weighted by Crippen LogP contribution is 2.58. The molecule has 0 aromatic rings. The highest BCUT2D eigenvalue weighted by Gasteiger charge is 2.43. The van der Waals surface area contributed by atoms with E-state index in [9.17, 15) is 0 Å². The van der Waals surface area contributed by atoms with Crippen molar-refractivity contribution >= 4 is 19.6 Å². The minimum absolute atomic E-state index is 0.337. The molecular weight excluding hydrogens is 259 g/mol. The number of rotatable bonds is 0. The van der Waals surface area contributed by atoms with Crippen molar-refractivity contribution in [2.75, 3.05) is 0 Å². The molecule has 0 spiro atoms. The predicted octanol–water partition coefficient (Wildman–Crippen LogP) is 5.45. The Morgan fingerprint density at radius 3 is 2.35 bits per heavy atom. The fourth-order valence-corrected chi connectivity index (χ4v) is 5.38. The zero-order valence-corrected chi connectivity index (χ0v) is 15.5. The smallest absolute Gasteiger partial charge is 0.110 e. The summed E-state index contributed by atoms with van der Waals surface area (Å²) in [6.07, 6.45) is 9.68. The van der Waals surface area contributed by atoms with Crippen LogP contribution in [0.3, 0.4) is 0 Å². The highest BCUT2D eigenvalue weighted by molar-refractivity contribution is 8.04. The maximum Gasteiger partial charge on any atom is 0.110 e. The first-order valence-corrected chi connectivity index (χ1v) is 9.30. The first-order chi connectivity index (χ1) is 9.03. The molecule has 0 aromatic carbocycles. The van der Waals surface area contributed by atoms with Crippen LogP contribution in [0.2, 0.25) is 5.31 Å². The Balaban J connectivity index is 2.20. The SMILES string of the molecule is BC1(C(C)(C)C)CCCCC2C=C(C(C)(C)C)SC2C1. The normalized spacial score (nSPS) is 36.0. The van der Waals surface area contributed by atoms with Gasteiger partial charge in [-0.05, 0) is 34.5 Å². The second-order valence-corrected chi connectivity index (χ2v) is 10.6. The predicted molar refractivity (Wildman–Crippen MR) is 96.2 cm³/mol. The fraction of sp³-hybridized carbons (Fsp3) is 0.889. The van der Waals surface area contributed by atoms with Crippen molar-refractivity contribution < 1.29 is 0 Å². The summed E-state index contributed by atoms with van der Waals surface area (Å²) in [6.45, 7) is 14.4. The lowest BCUT2D eigenvalue weighted by Gasteiger charge is -2.46. The van der Waals surface area contributed by atoms with Gasteiger partial charge < -0.3 is 0 Å². The number of thioether (sulfide) groups is 1. The van der Waals surface area contributed by atoms with Gasteiger partial charge in [-0.2, -0.15) is 0 Å². The maximum atomic E-state index is 2.63. The number of allylic oxidation sites excluding steroid dienone is 2. The van der Waals surface area contributed by atoms with Crippen LogP contribution in [0.15, 0.2) is 11.0 Å². The molecular formula is C18H33BS. The monoisotopic (exact) mass is 292 g/mol. The molecule has 1 heterocycles. The van der Waals surface area contributed by atoms with E-state index in [1.807, 2.05) is 0 Å². The molecule has 0 saturated heterocycles. The van der Waals surface area contributed by atoms with Gasteiger partial charge in [0, 0.05) is 5.25 Å². The van der Waals surface area contributed by atoms with Gasteiger partial charge in [-0.25, -0.2) is 0 Å². The van der Waals surface area contributed by atoms with Crippen molar-refractivity contribution in [2.45, 2.75) is 84.2 Å². The Morgan fingerprint density at radius 2 is 1.80 bits per heavy atom. The Kier molecular flexibility index (Phi) is 4.47. The van der Waals surface area contributed by atoms with Crippen molar-refractivity contribution in [2.24, 2.45) is 16.7 Å². The molecule has 114 valence electrons. The van der Waals surface area contributed by atoms with E-state index in [-0.39, 0.29) is 0 Å². The van der Waals surface area contributed by atoms with Crippen LogP contribution in [0.25, 0.3) is 0 Å². The molecule has 1 aliphatic heterocycles. The minimum atomic E-state index is 0.337. The summed E-state index contributed by atoms with van der Waals surface area (Å²) in [6, 6.07) is 0. The Hall–Kier alpha value is 0.155. The standard InChI is InChI=1S/C18H33BS/c1-16(2,3)15-11-13-9-7-8-10-18(19,17(4,5)6)12-14(13)20-15/h11,13-14H,7-10,12,19H2,1-6H3. The third-order valence-electron chi connectivity index (χ3n) is 5.84. The van der Waals surface area contributed by atoms with E-state index in [0.29, 0.717) is 16.1 Å². The number of fused-ring (bicyclic) bond motifs is 1. The minimum Gasteiger partial charge on any atom is -0.126 e. The molecule has 0 radical (unpaired) electrons. The zero-order chi connectivity index (χ0) is 15.2. The van der Waals surface area contributed by atoms with Crippen molar-refractivity contribution in [1.29, 1.82) is 0 Å². The van der Waals surface area contributed by atoms with Gasteiger partial charge in [-0.15, -0.1) is 11.8 Å². The van der Waals surface area contributed by atoms with E-state index in [1.54, 1.807) is 4.91 Å². The third-order valence-corrected chi connectivity index (χ3v) is 7.66. The third kappa shape index (κ3) is 3.31. The summed E-state index contributed by atoms with van der Waals surface area (Å²) in [4.78, 5) is 1.64. The summed E-state index contributed by atoms with van der Waals surface area (Å²) in [7, 11) is 2.55. The summed E-state index contributed by atoms with van der Waals surface area (Å²) >= 11 is 2.20. The van der Waals surface area contributed by atoms with Crippen LogP contribution < -0.4 is 0 Å². The lowest BCUT2D eigenvalue weighted by Crippen LogP contribution is -2.34. The number of hydrogen-bond acceptors (Lipinski definition) is 1. The van der Waals surface area contributed by atoms with Gasteiger partial charge in [0.25, 0.3) is 0 Å². The largest absolute Gasteiger partial charge is 0.126 e. The van der Waals surface area contributed by atoms with Gasteiger partial charge in [0.05, 0.1) is 0 Å². The Labute approximate surface area is 132 Å². The molecule has 0 nitrogen and oxygen atoms in total. The molecule has 1 saturated carbocycles. The summed E-state index contributed by atoms with van der Waals surface area (Å²) in [5.41, 5.74) is 0.754. The lowest BCUT2D eigenvalue weighted by molar-refractivity contribution is 0.208. The van der Waals surface area contributed by atoms with Gasteiger partial charge in [-0.3, -0.25) is 0 Å². The first-order valence-electron chi connectivity index (χ1n) is 8.42. The topological polar surface area (TPSA) is 0 Å². The molecule has 0 N–H and O–H groups in total. The van der Waals surface area contributed by atoms with Crippen molar-refractivity contribution in [3.05, 3.63) is 11.0 Å². The molecule has 3 atom stereocenters. The van der Waals surface area contributed by atoms with Crippen LogP contribution in [-0.4, -0.2) is 13.1 Å². The van der Waals surface area contributed by atoms with Crippen LogP contribution in [0.5, 0.6) is 0 Å². The average Bonchev–Trinajstić information content (AvgIpc) is 2.62. The van der Waals surface area contributed by atoms with Crippen LogP contribution in [-0.2, 0) is 0 Å². The van der Waals surface area contributed by atoms with Crippen LogP contribution in [0.1, 0.15) is 73.6 Å². The maximum absolute atomic E-state index is 2.63. The molecule has 1 fully saturated rings. The first kappa shape index (κ1) is 16.5. The highest BCUT2D eigenvalue weighted by atomic mass is 32.2. The lowest BCUT2D eigenvalue weighted by atomic mass is 9.49. The van der Waals surface area contributed by atoms with E-state index < -0.39 is 0 Å². The summed E-state index contributed by atoms with van der Waals surface area (Å²) in [5, 5.41) is 1.32. The molecule has 0 amide bonds. The second-order valence-electron chi connectivity index (χ2n) is 9.36. The van der Waals surface area contributed by atoms with Crippen LogP contribution >= 0.6 is 11.8 Å². The fourth-order valence-electron chi connectivity index (χ4n) is 3.60. The van der Waals surface area contributed by atoms with Crippen molar-refractivity contribution in [3.8, 4) is 0 Å². The van der Waals surface area contributed by atoms with Crippen molar-refractivity contribution in [1.82, 2.24) is 0 Å². The van der Waals surface area contributed by atoms with Gasteiger partial charge in [-0.1, -0.05) is 72.2 Å². The Morgan fingerprint density at radius 1 is 1.15 bits per heavy atom. The number of hydrogen-bond donors (Lipinski definition) is 0.